The van der Waals surface area contributed by atoms with Crippen LogP contribution in [0.2, 0.25) is 0 Å². The maximum atomic E-state index is 12.0. The van der Waals surface area contributed by atoms with Gasteiger partial charge in [-0.25, -0.2) is 4.79 Å². The van der Waals surface area contributed by atoms with E-state index in [-0.39, 0.29) is 11.3 Å². The second-order valence-corrected chi connectivity index (χ2v) is 5.70. The molecule has 0 aliphatic carbocycles. The summed E-state index contributed by atoms with van der Waals surface area (Å²) in [7, 11) is 1.29. The minimum Gasteiger partial charge on any atom is -0.488 e. The standard InChI is InChI=1S/C17H15IO4/c1-11(19)13-8-9-14(16(18)15(13)17(20)21-2)22-10-12-6-4-3-5-7-12/h3-9H,10H2,1-2H3. The van der Waals surface area contributed by atoms with E-state index < -0.39 is 5.97 Å². The normalized spacial score (nSPS) is 10.1. The Labute approximate surface area is 142 Å². The number of methoxy groups -OCH3 is 1. The van der Waals surface area contributed by atoms with E-state index >= 15 is 0 Å². The highest BCUT2D eigenvalue weighted by molar-refractivity contribution is 14.1. The van der Waals surface area contributed by atoms with Gasteiger partial charge in [0, 0.05) is 5.56 Å². The molecule has 22 heavy (non-hydrogen) atoms. The van der Waals surface area contributed by atoms with Crippen LogP contribution >= 0.6 is 22.6 Å². The van der Waals surface area contributed by atoms with Crippen molar-refractivity contribution in [2.75, 3.05) is 7.11 Å². The van der Waals surface area contributed by atoms with E-state index in [1.165, 1.54) is 14.0 Å². The Morgan fingerprint density at radius 2 is 1.77 bits per heavy atom. The predicted molar refractivity (Wildman–Crippen MR) is 91.3 cm³/mol. The first-order valence-corrected chi connectivity index (χ1v) is 7.71. The van der Waals surface area contributed by atoms with Crippen LogP contribution in [0.3, 0.4) is 0 Å². The number of hydrogen-bond acceptors (Lipinski definition) is 4. The summed E-state index contributed by atoms with van der Waals surface area (Å²) in [5.74, 6) is -0.178. The molecule has 0 spiro atoms. The van der Waals surface area contributed by atoms with Crippen LogP contribution < -0.4 is 4.74 Å². The van der Waals surface area contributed by atoms with Gasteiger partial charge in [0.1, 0.15) is 12.4 Å². The van der Waals surface area contributed by atoms with Crippen LogP contribution in [0.15, 0.2) is 42.5 Å². The molecule has 5 heteroatoms. The Balaban J connectivity index is 2.33. The van der Waals surface area contributed by atoms with Crippen molar-refractivity contribution < 1.29 is 19.1 Å². The second kappa shape index (κ2) is 7.40. The Morgan fingerprint density at radius 3 is 2.36 bits per heavy atom. The van der Waals surface area contributed by atoms with Crippen LogP contribution in [-0.4, -0.2) is 18.9 Å². The number of ether oxygens (including phenoxy) is 2. The van der Waals surface area contributed by atoms with Crippen molar-refractivity contribution >= 4 is 34.3 Å². The van der Waals surface area contributed by atoms with E-state index in [1.807, 2.05) is 52.9 Å². The monoisotopic (exact) mass is 410 g/mol. The molecule has 0 aliphatic rings. The first-order valence-electron chi connectivity index (χ1n) is 6.63. The molecule has 2 rings (SSSR count). The van der Waals surface area contributed by atoms with Crippen LogP contribution in [-0.2, 0) is 11.3 Å². The van der Waals surface area contributed by atoms with Gasteiger partial charge in [0.2, 0.25) is 0 Å². The molecule has 0 saturated carbocycles. The van der Waals surface area contributed by atoms with Gasteiger partial charge in [-0.1, -0.05) is 30.3 Å². The van der Waals surface area contributed by atoms with Crippen molar-refractivity contribution in [1.82, 2.24) is 0 Å². The smallest absolute Gasteiger partial charge is 0.339 e. The Hall–Kier alpha value is -1.89. The SMILES string of the molecule is COC(=O)c1c(C(C)=O)ccc(OCc2ccccc2)c1I. The third-order valence-corrected chi connectivity index (χ3v) is 4.18. The first-order chi connectivity index (χ1) is 10.5. The van der Waals surface area contributed by atoms with E-state index in [0.717, 1.165) is 5.56 Å². The number of Topliss-reactive ketones (excluding diaryl/α,β-unsaturated/α-hetero) is 1. The molecule has 0 amide bonds. The average molecular weight is 410 g/mol. The zero-order valence-corrected chi connectivity index (χ0v) is 14.4. The molecule has 0 atom stereocenters. The molecular formula is C17H15IO4. The summed E-state index contributed by atoms with van der Waals surface area (Å²) < 4.78 is 11.1. The van der Waals surface area contributed by atoms with Crippen LogP contribution in [0.1, 0.15) is 33.2 Å². The predicted octanol–water partition coefficient (Wildman–Crippen LogP) is 3.86. The molecule has 2 aromatic rings. The van der Waals surface area contributed by atoms with Crippen molar-refractivity contribution in [3.8, 4) is 5.75 Å². The van der Waals surface area contributed by atoms with E-state index in [9.17, 15) is 9.59 Å². The summed E-state index contributed by atoms with van der Waals surface area (Å²) in [6.45, 7) is 1.80. The molecule has 0 N–H and O–H groups in total. The summed E-state index contributed by atoms with van der Waals surface area (Å²) in [6.07, 6.45) is 0. The minimum atomic E-state index is -0.542. The van der Waals surface area contributed by atoms with E-state index in [0.29, 0.717) is 21.5 Å². The number of carbonyl (C=O) groups excluding carboxylic acids is 2. The molecule has 0 heterocycles. The Kier molecular flexibility index (Phi) is 5.54. The van der Waals surface area contributed by atoms with E-state index in [2.05, 4.69) is 0 Å². The van der Waals surface area contributed by atoms with Crippen molar-refractivity contribution in [2.45, 2.75) is 13.5 Å². The number of esters is 1. The second-order valence-electron chi connectivity index (χ2n) is 4.62. The van der Waals surface area contributed by atoms with E-state index in [1.54, 1.807) is 12.1 Å². The molecule has 0 saturated heterocycles. The molecule has 0 fully saturated rings. The molecule has 114 valence electrons. The lowest BCUT2D eigenvalue weighted by Gasteiger charge is -2.13. The zero-order valence-electron chi connectivity index (χ0n) is 12.3. The number of hydrogen-bond donors (Lipinski definition) is 0. The van der Waals surface area contributed by atoms with E-state index in [4.69, 9.17) is 9.47 Å². The van der Waals surface area contributed by atoms with Crippen LogP contribution in [0.5, 0.6) is 5.75 Å². The van der Waals surface area contributed by atoms with Gasteiger partial charge in [-0.2, -0.15) is 0 Å². The highest BCUT2D eigenvalue weighted by Gasteiger charge is 2.21. The number of halogens is 1. The van der Waals surface area contributed by atoms with Crippen molar-refractivity contribution in [2.24, 2.45) is 0 Å². The molecule has 2 aromatic carbocycles. The van der Waals surface area contributed by atoms with Gasteiger partial charge >= 0.3 is 5.97 Å². The summed E-state index contributed by atoms with van der Waals surface area (Å²) in [5.41, 5.74) is 1.61. The van der Waals surface area contributed by atoms with Gasteiger partial charge in [0.15, 0.2) is 5.78 Å². The maximum absolute atomic E-state index is 12.0. The number of ketones is 1. The number of carbonyl (C=O) groups is 2. The summed E-state index contributed by atoms with van der Waals surface area (Å²) in [5, 5.41) is 0. The highest BCUT2D eigenvalue weighted by Crippen LogP contribution is 2.29. The lowest BCUT2D eigenvalue weighted by atomic mass is 10.0. The first kappa shape index (κ1) is 16.5. The molecular weight excluding hydrogens is 395 g/mol. The van der Waals surface area contributed by atoms with Gasteiger partial charge in [-0.3, -0.25) is 4.79 Å². The van der Waals surface area contributed by atoms with Gasteiger partial charge < -0.3 is 9.47 Å². The highest BCUT2D eigenvalue weighted by atomic mass is 127. The maximum Gasteiger partial charge on any atom is 0.339 e. The van der Waals surface area contributed by atoms with Gasteiger partial charge in [-0.15, -0.1) is 0 Å². The van der Waals surface area contributed by atoms with Crippen LogP contribution in [0.25, 0.3) is 0 Å². The molecule has 0 aliphatic heterocycles. The largest absolute Gasteiger partial charge is 0.488 e. The van der Waals surface area contributed by atoms with Gasteiger partial charge in [-0.05, 0) is 47.2 Å². The topological polar surface area (TPSA) is 52.6 Å². The fraction of sp³-hybridized carbons (Fsp3) is 0.176. The van der Waals surface area contributed by atoms with Crippen molar-refractivity contribution in [1.29, 1.82) is 0 Å². The quantitative estimate of drug-likeness (QED) is 0.427. The Bertz CT molecular complexity index is 695. The zero-order chi connectivity index (χ0) is 16.1. The van der Waals surface area contributed by atoms with Crippen LogP contribution in [0.4, 0.5) is 0 Å². The van der Waals surface area contributed by atoms with Gasteiger partial charge in [0.25, 0.3) is 0 Å². The molecule has 0 aromatic heterocycles. The molecule has 0 unspecified atom stereocenters. The summed E-state index contributed by atoms with van der Waals surface area (Å²) in [4.78, 5) is 23.6. The number of rotatable bonds is 5. The molecule has 0 bridgehead atoms. The third-order valence-electron chi connectivity index (χ3n) is 3.11. The molecule has 4 nitrogen and oxygen atoms in total. The molecule has 0 radical (unpaired) electrons. The minimum absolute atomic E-state index is 0.187. The summed E-state index contributed by atoms with van der Waals surface area (Å²) in [6, 6.07) is 13.0. The fourth-order valence-electron chi connectivity index (χ4n) is 2.00. The average Bonchev–Trinajstić information content (AvgIpc) is 2.53. The fourth-order valence-corrected chi connectivity index (χ4v) is 2.84. The van der Waals surface area contributed by atoms with Crippen molar-refractivity contribution in [3.63, 3.8) is 0 Å². The lowest BCUT2D eigenvalue weighted by molar-refractivity contribution is 0.0595. The number of benzene rings is 2. The summed E-state index contributed by atoms with van der Waals surface area (Å²) >= 11 is 2.00. The van der Waals surface area contributed by atoms with Gasteiger partial charge in [0.05, 0.1) is 16.2 Å². The Morgan fingerprint density at radius 1 is 1.09 bits per heavy atom. The lowest BCUT2D eigenvalue weighted by Crippen LogP contribution is -2.12. The van der Waals surface area contributed by atoms with Crippen molar-refractivity contribution in [3.05, 3.63) is 62.7 Å². The van der Waals surface area contributed by atoms with Crippen LogP contribution in [0, 0.1) is 3.57 Å². The third kappa shape index (κ3) is 3.65.